The van der Waals surface area contributed by atoms with Crippen molar-refractivity contribution in [2.24, 2.45) is 16.9 Å². The molecule has 0 radical (unpaired) electrons. The maximum absolute atomic E-state index is 13.9. The van der Waals surface area contributed by atoms with Gasteiger partial charge in [0.05, 0.1) is 29.8 Å². The van der Waals surface area contributed by atoms with E-state index in [4.69, 9.17) is 11.6 Å². The summed E-state index contributed by atoms with van der Waals surface area (Å²) in [6, 6.07) is 18.6. The minimum Gasteiger partial charge on any atom is -0.324 e. The summed E-state index contributed by atoms with van der Waals surface area (Å²) < 4.78 is 0. The molecule has 0 saturated carbocycles. The Hall–Kier alpha value is -3.97. The quantitative estimate of drug-likeness (QED) is 0.540. The average molecular weight is 499 g/mol. The summed E-state index contributed by atoms with van der Waals surface area (Å²) in [4.78, 5) is 42.8. The van der Waals surface area contributed by atoms with E-state index >= 15 is 0 Å². The lowest BCUT2D eigenvalue weighted by atomic mass is 9.85. The van der Waals surface area contributed by atoms with Crippen LogP contribution in [-0.2, 0) is 14.4 Å². The molecule has 3 aromatic carbocycles. The Morgan fingerprint density at radius 2 is 1.67 bits per heavy atom. The molecular formula is C28H23ClN4O3. The Bertz CT molecular complexity index is 1450. The molecule has 3 aliphatic heterocycles. The fraction of sp³-hybridized carbons (Fsp3) is 0.214. The standard InChI is InChI=1S/C28H23ClN4O3/c1-15-7-12-21(16(2)13-15)32-27(35)22-23(28(32)36)25(26(34)31-19-10-8-18(29)9-11-19)33-24(22)20-6-4-3-5-17(20)14-30-33/h3-14,22-25H,1-2H3,(H,31,34)/t22-,23-,24-,25+/m1/s1. The lowest BCUT2D eigenvalue weighted by Crippen LogP contribution is -2.46. The molecule has 8 heteroatoms. The Balaban J connectivity index is 1.45. The van der Waals surface area contributed by atoms with Crippen molar-refractivity contribution in [2.75, 3.05) is 10.2 Å². The van der Waals surface area contributed by atoms with Crippen LogP contribution in [0.5, 0.6) is 0 Å². The van der Waals surface area contributed by atoms with Crippen molar-refractivity contribution in [1.82, 2.24) is 5.01 Å². The van der Waals surface area contributed by atoms with Crippen LogP contribution in [0, 0.1) is 25.7 Å². The number of aryl methyl sites for hydroxylation is 2. The number of hydrazone groups is 1. The zero-order valence-electron chi connectivity index (χ0n) is 19.7. The van der Waals surface area contributed by atoms with E-state index in [1.807, 2.05) is 50.2 Å². The molecule has 7 nitrogen and oxygen atoms in total. The first-order chi connectivity index (χ1) is 17.3. The lowest BCUT2D eigenvalue weighted by Gasteiger charge is -2.33. The largest absolute Gasteiger partial charge is 0.324 e. The first-order valence-electron chi connectivity index (χ1n) is 11.8. The fourth-order valence-electron chi connectivity index (χ4n) is 5.71. The smallest absolute Gasteiger partial charge is 0.249 e. The highest BCUT2D eigenvalue weighted by molar-refractivity contribution is 6.30. The molecule has 3 amide bonds. The lowest BCUT2D eigenvalue weighted by molar-refractivity contribution is -0.129. The van der Waals surface area contributed by atoms with E-state index < -0.39 is 29.8 Å². The van der Waals surface area contributed by atoms with Crippen LogP contribution in [0.4, 0.5) is 11.4 Å². The summed E-state index contributed by atoms with van der Waals surface area (Å²) in [5.41, 5.74) is 4.74. The monoisotopic (exact) mass is 498 g/mol. The topological polar surface area (TPSA) is 82.1 Å². The highest BCUT2D eigenvalue weighted by Crippen LogP contribution is 2.53. The molecule has 4 atom stereocenters. The molecule has 2 saturated heterocycles. The summed E-state index contributed by atoms with van der Waals surface area (Å²) in [5, 5.41) is 9.65. The predicted molar refractivity (Wildman–Crippen MR) is 138 cm³/mol. The number of imide groups is 1. The van der Waals surface area contributed by atoms with E-state index in [2.05, 4.69) is 10.4 Å². The van der Waals surface area contributed by atoms with Gasteiger partial charge in [0.15, 0.2) is 0 Å². The Morgan fingerprint density at radius 3 is 2.42 bits per heavy atom. The van der Waals surface area contributed by atoms with Crippen LogP contribution in [0.15, 0.2) is 71.8 Å². The number of benzene rings is 3. The summed E-state index contributed by atoms with van der Waals surface area (Å²) in [6.07, 6.45) is 1.69. The normalized spacial score (nSPS) is 24.0. The zero-order chi connectivity index (χ0) is 25.1. The van der Waals surface area contributed by atoms with Crippen LogP contribution in [0.25, 0.3) is 0 Å². The number of rotatable bonds is 3. The second-order valence-electron chi connectivity index (χ2n) is 9.49. The van der Waals surface area contributed by atoms with Crippen LogP contribution < -0.4 is 10.2 Å². The van der Waals surface area contributed by atoms with Crippen molar-refractivity contribution in [3.63, 3.8) is 0 Å². The summed E-state index contributed by atoms with van der Waals surface area (Å²) in [7, 11) is 0. The average Bonchev–Trinajstić information content (AvgIpc) is 3.34. The van der Waals surface area contributed by atoms with E-state index in [0.717, 1.165) is 22.3 Å². The van der Waals surface area contributed by atoms with Crippen LogP contribution in [-0.4, -0.2) is 35.0 Å². The van der Waals surface area contributed by atoms with Gasteiger partial charge < -0.3 is 5.32 Å². The molecule has 3 heterocycles. The number of nitrogens with zero attached hydrogens (tertiary/aromatic N) is 3. The third-order valence-electron chi connectivity index (χ3n) is 7.27. The molecule has 180 valence electrons. The van der Waals surface area contributed by atoms with Gasteiger partial charge in [0.2, 0.25) is 17.7 Å². The van der Waals surface area contributed by atoms with Crippen molar-refractivity contribution in [2.45, 2.75) is 25.9 Å². The number of halogens is 1. The van der Waals surface area contributed by atoms with Crippen molar-refractivity contribution >= 4 is 46.9 Å². The molecular weight excluding hydrogens is 476 g/mol. The van der Waals surface area contributed by atoms with E-state index in [-0.39, 0.29) is 11.8 Å². The zero-order valence-corrected chi connectivity index (χ0v) is 20.4. The number of hydrogen-bond acceptors (Lipinski definition) is 5. The minimum absolute atomic E-state index is 0.305. The van der Waals surface area contributed by atoms with Gasteiger partial charge in [-0.2, -0.15) is 5.10 Å². The first-order valence-corrected chi connectivity index (χ1v) is 12.2. The molecule has 36 heavy (non-hydrogen) atoms. The van der Waals surface area contributed by atoms with Gasteiger partial charge in [-0.15, -0.1) is 0 Å². The van der Waals surface area contributed by atoms with Crippen LogP contribution in [0.2, 0.25) is 5.02 Å². The molecule has 3 aliphatic rings. The molecule has 0 aliphatic carbocycles. The molecule has 2 fully saturated rings. The fourth-order valence-corrected chi connectivity index (χ4v) is 5.84. The van der Waals surface area contributed by atoms with Gasteiger partial charge in [-0.25, -0.2) is 4.90 Å². The van der Waals surface area contributed by atoms with Crippen LogP contribution >= 0.6 is 11.6 Å². The van der Waals surface area contributed by atoms with Gasteiger partial charge in [-0.05, 0) is 60.9 Å². The SMILES string of the molecule is Cc1ccc(N2C(=O)[C@@H]3[C@@H](C2=O)[C@H]2c4ccccc4C=NN2[C@@H]3C(=O)Nc2ccc(Cl)cc2)c(C)c1. The van der Waals surface area contributed by atoms with Crippen molar-refractivity contribution in [1.29, 1.82) is 0 Å². The predicted octanol–water partition coefficient (Wildman–Crippen LogP) is 4.47. The van der Waals surface area contributed by atoms with Gasteiger partial charge in [-0.1, -0.05) is 53.6 Å². The molecule has 0 bridgehead atoms. The van der Waals surface area contributed by atoms with Crippen molar-refractivity contribution in [3.05, 3.63) is 94.0 Å². The third-order valence-corrected chi connectivity index (χ3v) is 7.52. The van der Waals surface area contributed by atoms with E-state index in [1.54, 1.807) is 41.6 Å². The van der Waals surface area contributed by atoms with Gasteiger partial charge in [0.1, 0.15) is 6.04 Å². The Kier molecular flexibility index (Phi) is 5.19. The molecule has 3 aromatic rings. The number of carbonyl (C=O) groups excluding carboxylic acids is 3. The number of anilines is 2. The number of fused-ring (bicyclic) bond motifs is 5. The second kappa shape index (κ2) is 8.31. The van der Waals surface area contributed by atoms with E-state index in [9.17, 15) is 14.4 Å². The highest BCUT2D eigenvalue weighted by atomic mass is 35.5. The van der Waals surface area contributed by atoms with Crippen molar-refractivity contribution < 1.29 is 14.4 Å². The second-order valence-corrected chi connectivity index (χ2v) is 9.93. The van der Waals surface area contributed by atoms with E-state index in [0.29, 0.717) is 16.4 Å². The number of hydrogen-bond donors (Lipinski definition) is 1. The summed E-state index contributed by atoms with van der Waals surface area (Å²) in [6.45, 7) is 3.85. The van der Waals surface area contributed by atoms with Gasteiger partial charge >= 0.3 is 0 Å². The number of carbonyl (C=O) groups is 3. The molecule has 0 unspecified atom stereocenters. The highest BCUT2D eigenvalue weighted by Gasteiger charge is 2.65. The number of amides is 3. The van der Waals surface area contributed by atoms with Gasteiger partial charge in [-0.3, -0.25) is 19.4 Å². The Labute approximate surface area is 213 Å². The minimum atomic E-state index is -0.951. The summed E-state index contributed by atoms with van der Waals surface area (Å²) in [5.74, 6) is -2.69. The molecule has 6 rings (SSSR count). The maximum Gasteiger partial charge on any atom is 0.249 e. The van der Waals surface area contributed by atoms with Crippen LogP contribution in [0.1, 0.15) is 28.3 Å². The summed E-state index contributed by atoms with van der Waals surface area (Å²) >= 11 is 5.99. The third kappa shape index (κ3) is 3.34. The molecule has 0 aromatic heterocycles. The van der Waals surface area contributed by atoms with Crippen LogP contribution in [0.3, 0.4) is 0 Å². The Morgan fingerprint density at radius 1 is 0.944 bits per heavy atom. The van der Waals surface area contributed by atoms with Gasteiger partial charge in [0.25, 0.3) is 0 Å². The molecule has 0 spiro atoms. The van der Waals surface area contributed by atoms with E-state index in [1.165, 1.54) is 4.90 Å². The molecule has 1 N–H and O–H groups in total. The first kappa shape index (κ1) is 22.5. The maximum atomic E-state index is 13.9. The number of nitrogens with one attached hydrogen (secondary N) is 1. The van der Waals surface area contributed by atoms with Gasteiger partial charge in [0, 0.05) is 10.7 Å². The van der Waals surface area contributed by atoms with Crippen molar-refractivity contribution in [3.8, 4) is 0 Å².